The molecule has 4 heterocycles. The average molecular weight is 627 g/mol. The van der Waals surface area contributed by atoms with Crippen molar-refractivity contribution < 1.29 is 24.2 Å². The second kappa shape index (κ2) is 12.1. The van der Waals surface area contributed by atoms with Crippen LogP contribution in [0.2, 0.25) is 0 Å². The highest BCUT2D eigenvalue weighted by molar-refractivity contribution is 5.99. The number of ether oxygens (including phenoxy) is 1. The van der Waals surface area contributed by atoms with Gasteiger partial charge in [0.05, 0.1) is 35.6 Å². The number of carbonyl (C=O) groups excluding carboxylic acids is 3. The first kappa shape index (κ1) is 31.6. The van der Waals surface area contributed by atoms with Gasteiger partial charge < -0.3 is 24.5 Å². The van der Waals surface area contributed by atoms with Crippen LogP contribution in [0, 0.1) is 17.8 Å². The summed E-state index contributed by atoms with van der Waals surface area (Å²) >= 11 is 0. The number of aromatic nitrogens is 3. The number of amides is 3. The Morgan fingerprint density at radius 1 is 1.09 bits per heavy atom. The van der Waals surface area contributed by atoms with Gasteiger partial charge in [0.25, 0.3) is 0 Å². The van der Waals surface area contributed by atoms with Crippen LogP contribution in [-0.4, -0.2) is 95.5 Å². The first-order chi connectivity index (χ1) is 22.1. The second-order valence-corrected chi connectivity index (χ2v) is 13.0. The molecule has 2 bridgehead atoms. The van der Waals surface area contributed by atoms with Gasteiger partial charge in [0, 0.05) is 19.6 Å². The Hall–Kier alpha value is -4.35. The van der Waals surface area contributed by atoms with Gasteiger partial charge in [0.1, 0.15) is 23.8 Å². The maximum Gasteiger partial charge on any atom is 0.250 e. The summed E-state index contributed by atoms with van der Waals surface area (Å²) in [5.74, 6) is -2.76. The molecule has 11 heteroatoms. The predicted molar refractivity (Wildman–Crippen MR) is 172 cm³/mol. The molecule has 3 saturated heterocycles. The Labute approximate surface area is 269 Å². The minimum atomic E-state index is -1.26. The molecule has 6 rings (SSSR count). The first-order valence-electron chi connectivity index (χ1n) is 15.9. The fourth-order valence-electron chi connectivity index (χ4n) is 8.01. The van der Waals surface area contributed by atoms with Crippen molar-refractivity contribution in [2.45, 2.75) is 63.7 Å². The number of likely N-dealkylation sites (tertiary alicyclic amines) is 1. The number of fused-ring (bicyclic) bond motifs is 2. The lowest BCUT2D eigenvalue weighted by Crippen LogP contribution is -2.58. The molecule has 242 valence electrons. The molecule has 3 amide bonds. The van der Waals surface area contributed by atoms with Crippen LogP contribution in [-0.2, 0) is 32.3 Å². The Morgan fingerprint density at radius 2 is 1.76 bits per heavy atom. The highest BCUT2D eigenvalue weighted by Crippen LogP contribution is 2.65. The Balaban J connectivity index is 1.40. The molecule has 0 aliphatic carbocycles. The standard InChI is InChI=1S/C35H42N6O5/c1-6-17-38(20-25-13-9-8-10-14-25)31(43)28-29-32(44)41(24(4)21-42)30(35(29)19-23(3)34(28,5)46-35)33(45)39(18-7-2)22-40-27-16-12-11-15-26(27)36-37-40/h6-16,23-24,28-30,42H,1-2,17-22H2,3-5H3/t23?,24-,28-,29+,30?,34+,35?/m1/s1. The summed E-state index contributed by atoms with van der Waals surface area (Å²) in [5.41, 5.74) is 0.166. The minimum absolute atomic E-state index is 0.0670. The van der Waals surface area contributed by atoms with Crippen LogP contribution < -0.4 is 0 Å². The average Bonchev–Trinajstić information content (AvgIpc) is 3.73. The fourth-order valence-corrected chi connectivity index (χ4v) is 8.01. The van der Waals surface area contributed by atoms with E-state index in [9.17, 15) is 19.5 Å². The molecular formula is C35H42N6O5. The molecule has 3 aromatic rings. The summed E-state index contributed by atoms with van der Waals surface area (Å²) in [6, 6.07) is 15.4. The summed E-state index contributed by atoms with van der Waals surface area (Å²) < 4.78 is 8.57. The summed E-state index contributed by atoms with van der Waals surface area (Å²) in [5, 5.41) is 18.8. The highest BCUT2D eigenvalue weighted by Gasteiger charge is 2.80. The molecule has 1 spiro atoms. The third kappa shape index (κ3) is 4.84. The second-order valence-electron chi connectivity index (χ2n) is 13.0. The van der Waals surface area contributed by atoms with Crippen LogP contribution in [0.3, 0.4) is 0 Å². The minimum Gasteiger partial charge on any atom is -0.394 e. The van der Waals surface area contributed by atoms with E-state index < -0.39 is 35.1 Å². The summed E-state index contributed by atoms with van der Waals surface area (Å²) in [7, 11) is 0. The SMILES string of the molecule is C=CCN(Cn1nnc2ccccc21)C(=O)C1N([C@H](C)CO)C(=O)[C@@H]2[C@H](C(=O)N(CC=C)Cc3ccccc3)[C@@]3(C)OC12CC3C. The zero-order chi connectivity index (χ0) is 32.8. The number of hydrogen-bond donors (Lipinski definition) is 1. The van der Waals surface area contributed by atoms with Crippen molar-refractivity contribution in [1.29, 1.82) is 0 Å². The van der Waals surface area contributed by atoms with E-state index in [1.807, 2.05) is 68.4 Å². The molecule has 1 aromatic heterocycles. The fraction of sp³-hybridized carbons (Fsp3) is 0.457. The molecule has 11 nitrogen and oxygen atoms in total. The third-order valence-corrected chi connectivity index (χ3v) is 10.3. The third-order valence-electron chi connectivity index (χ3n) is 10.3. The van der Waals surface area contributed by atoms with Crippen molar-refractivity contribution >= 4 is 28.8 Å². The topological polar surface area (TPSA) is 121 Å². The Kier molecular flexibility index (Phi) is 8.32. The van der Waals surface area contributed by atoms with E-state index in [0.717, 1.165) is 11.1 Å². The van der Waals surface area contributed by atoms with Crippen LogP contribution in [0.1, 0.15) is 32.8 Å². The van der Waals surface area contributed by atoms with Gasteiger partial charge in [-0.3, -0.25) is 14.4 Å². The van der Waals surface area contributed by atoms with Crippen molar-refractivity contribution in [3.63, 3.8) is 0 Å². The molecule has 3 unspecified atom stereocenters. The number of aliphatic hydroxyl groups is 1. The van der Waals surface area contributed by atoms with Crippen LogP contribution in [0.25, 0.3) is 11.0 Å². The summed E-state index contributed by atoms with van der Waals surface area (Å²) in [6.07, 6.45) is 3.73. The van der Waals surface area contributed by atoms with E-state index in [0.29, 0.717) is 25.0 Å². The van der Waals surface area contributed by atoms with Gasteiger partial charge in [-0.25, -0.2) is 4.68 Å². The maximum absolute atomic E-state index is 14.8. The summed E-state index contributed by atoms with van der Waals surface area (Å²) in [6.45, 7) is 13.9. The number of para-hydroxylation sites is 1. The van der Waals surface area contributed by atoms with Crippen LogP contribution in [0.15, 0.2) is 79.9 Å². The van der Waals surface area contributed by atoms with Crippen molar-refractivity contribution in [1.82, 2.24) is 29.7 Å². The molecule has 3 aliphatic heterocycles. The smallest absolute Gasteiger partial charge is 0.250 e. The van der Waals surface area contributed by atoms with Crippen molar-refractivity contribution in [3.05, 3.63) is 85.5 Å². The molecule has 1 N–H and O–H groups in total. The first-order valence-corrected chi connectivity index (χ1v) is 15.9. The van der Waals surface area contributed by atoms with Gasteiger partial charge in [-0.1, -0.05) is 66.8 Å². The number of nitrogens with zero attached hydrogens (tertiary/aromatic N) is 6. The predicted octanol–water partition coefficient (Wildman–Crippen LogP) is 3.01. The van der Waals surface area contributed by atoms with E-state index in [2.05, 4.69) is 23.5 Å². The molecular weight excluding hydrogens is 584 g/mol. The van der Waals surface area contributed by atoms with E-state index in [-0.39, 0.29) is 43.5 Å². The quantitative estimate of drug-likeness (QED) is 0.307. The van der Waals surface area contributed by atoms with Crippen molar-refractivity contribution in [2.75, 3.05) is 19.7 Å². The van der Waals surface area contributed by atoms with Crippen LogP contribution >= 0.6 is 0 Å². The molecule has 46 heavy (non-hydrogen) atoms. The number of rotatable bonds is 12. The molecule has 0 saturated carbocycles. The van der Waals surface area contributed by atoms with Gasteiger partial charge in [0.2, 0.25) is 17.7 Å². The Bertz CT molecular complexity index is 1660. The zero-order valence-electron chi connectivity index (χ0n) is 26.7. The molecule has 3 fully saturated rings. The van der Waals surface area contributed by atoms with Gasteiger partial charge in [-0.15, -0.1) is 18.3 Å². The number of benzene rings is 2. The largest absolute Gasteiger partial charge is 0.394 e. The Morgan fingerprint density at radius 3 is 2.46 bits per heavy atom. The van der Waals surface area contributed by atoms with Crippen molar-refractivity contribution in [2.24, 2.45) is 17.8 Å². The monoisotopic (exact) mass is 626 g/mol. The van der Waals surface area contributed by atoms with Crippen LogP contribution in [0.5, 0.6) is 0 Å². The summed E-state index contributed by atoms with van der Waals surface area (Å²) in [4.78, 5) is 48.8. The highest BCUT2D eigenvalue weighted by atomic mass is 16.5. The lowest BCUT2D eigenvalue weighted by atomic mass is 9.62. The van der Waals surface area contributed by atoms with E-state index in [4.69, 9.17) is 4.74 Å². The van der Waals surface area contributed by atoms with Gasteiger partial charge in [0.15, 0.2) is 0 Å². The van der Waals surface area contributed by atoms with Crippen molar-refractivity contribution in [3.8, 4) is 0 Å². The lowest BCUT2D eigenvalue weighted by molar-refractivity contribution is -0.158. The van der Waals surface area contributed by atoms with E-state index in [1.165, 1.54) is 4.90 Å². The molecule has 0 radical (unpaired) electrons. The van der Waals surface area contributed by atoms with Gasteiger partial charge in [-0.05, 0) is 43.9 Å². The lowest BCUT2D eigenvalue weighted by Gasteiger charge is -2.39. The molecule has 2 aromatic carbocycles. The zero-order valence-corrected chi connectivity index (χ0v) is 26.7. The number of aliphatic hydroxyl groups excluding tert-OH is 1. The number of hydrogen-bond acceptors (Lipinski definition) is 7. The maximum atomic E-state index is 14.8. The van der Waals surface area contributed by atoms with Gasteiger partial charge >= 0.3 is 0 Å². The molecule has 7 atom stereocenters. The molecule has 3 aliphatic rings. The van der Waals surface area contributed by atoms with Gasteiger partial charge in [-0.2, -0.15) is 0 Å². The van der Waals surface area contributed by atoms with E-state index in [1.54, 1.807) is 33.6 Å². The number of carbonyl (C=O) groups is 3. The normalized spacial score (nSPS) is 28.7. The van der Waals surface area contributed by atoms with Crippen LogP contribution in [0.4, 0.5) is 0 Å². The van der Waals surface area contributed by atoms with E-state index >= 15 is 0 Å².